The van der Waals surface area contributed by atoms with E-state index in [0.717, 1.165) is 19.5 Å². The molecule has 2 N–H and O–H groups in total. The minimum atomic E-state index is -0.119. The smallest absolute Gasteiger partial charge is 0.0680 e. The van der Waals surface area contributed by atoms with Gasteiger partial charge in [-0.25, -0.2) is 0 Å². The van der Waals surface area contributed by atoms with Crippen LogP contribution in [0, 0.1) is 0 Å². The number of nitrogens with one attached hydrogen (secondary N) is 1. The lowest BCUT2D eigenvalue weighted by Crippen LogP contribution is -2.49. The maximum absolute atomic E-state index is 9.45. The van der Waals surface area contributed by atoms with E-state index in [0.29, 0.717) is 6.04 Å². The zero-order valence-electron chi connectivity index (χ0n) is 10.4. The van der Waals surface area contributed by atoms with Crippen molar-refractivity contribution in [1.82, 2.24) is 15.1 Å². The van der Waals surface area contributed by atoms with Gasteiger partial charge in [-0.15, -0.1) is 0 Å². The molecular formula is C12H25N3O. The SMILES string of the molecule is CCCN1CCN(CC2CC(O)CN2)CC1. The molecule has 0 aliphatic carbocycles. The van der Waals surface area contributed by atoms with Crippen LogP contribution in [0.2, 0.25) is 0 Å². The predicted molar refractivity (Wildman–Crippen MR) is 65.6 cm³/mol. The van der Waals surface area contributed by atoms with Gasteiger partial charge in [0.25, 0.3) is 0 Å². The van der Waals surface area contributed by atoms with Gasteiger partial charge in [0.15, 0.2) is 0 Å². The molecule has 0 radical (unpaired) electrons. The molecule has 94 valence electrons. The molecule has 2 saturated heterocycles. The van der Waals surface area contributed by atoms with Crippen LogP contribution in [0.1, 0.15) is 19.8 Å². The van der Waals surface area contributed by atoms with Crippen LogP contribution >= 0.6 is 0 Å². The maximum atomic E-state index is 9.45. The summed E-state index contributed by atoms with van der Waals surface area (Å²) < 4.78 is 0. The fraction of sp³-hybridized carbons (Fsp3) is 1.00. The molecule has 2 heterocycles. The minimum Gasteiger partial charge on any atom is -0.392 e. The lowest BCUT2D eigenvalue weighted by molar-refractivity contribution is 0.122. The molecule has 0 bridgehead atoms. The molecule has 2 fully saturated rings. The van der Waals surface area contributed by atoms with Crippen LogP contribution in [-0.2, 0) is 0 Å². The first-order valence-electron chi connectivity index (χ1n) is 6.64. The lowest BCUT2D eigenvalue weighted by Gasteiger charge is -2.35. The predicted octanol–water partition coefficient (Wildman–Crippen LogP) is -0.263. The van der Waals surface area contributed by atoms with Crippen LogP contribution in [0.5, 0.6) is 0 Å². The normalized spacial score (nSPS) is 33.4. The van der Waals surface area contributed by atoms with E-state index in [1.807, 2.05) is 0 Å². The third-order valence-corrected chi connectivity index (χ3v) is 3.68. The Morgan fingerprint density at radius 1 is 1.19 bits per heavy atom. The molecule has 0 aromatic heterocycles. The van der Waals surface area contributed by atoms with Gasteiger partial charge in [-0.05, 0) is 19.4 Å². The second kappa shape index (κ2) is 5.96. The largest absolute Gasteiger partial charge is 0.392 e. The van der Waals surface area contributed by atoms with Gasteiger partial charge in [-0.1, -0.05) is 6.92 Å². The van der Waals surface area contributed by atoms with Gasteiger partial charge in [0, 0.05) is 45.3 Å². The van der Waals surface area contributed by atoms with Crippen molar-refractivity contribution in [2.75, 3.05) is 45.8 Å². The first kappa shape index (κ1) is 12.3. The van der Waals surface area contributed by atoms with E-state index < -0.39 is 0 Å². The van der Waals surface area contributed by atoms with Gasteiger partial charge in [-0.3, -0.25) is 4.90 Å². The summed E-state index contributed by atoms with van der Waals surface area (Å²) >= 11 is 0. The lowest BCUT2D eigenvalue weighted by atomic mass is 10.2. The monoisotopic (exact) mass is 227 g/mol. The molecular weight excluding hydrogens is 202 g/mol. The van der Waals surface area contributed by atoms with Crippen molar-refractivity contribution in [2.45, 2.75) is 31.9 Å². The number of rotatable bonds is 4. The number of β-amino-alcohol motifs (C(OH)–C–C–N with tert-alkyl or cyclic N) is 1. The second-order valence-corrected chi connectivity index (χ2v) is 5.14. The van der Waals surface area contributed by atoms with Crippen molar-refractivity contribution in [3.05, 3.63) is 0 Å². The number of aliphatic hydroxyl groups is 1. The van der Waals surface area contributed by atoms with Crippen LogP contribution in [0.15, 0.2) is 0 Å². The van der Waals surface area contributed by atoms with E-state index in [1.165, 1.54) is 39.1 Å². The molecule has 2 aliphatic rings. The molecule has 2 aliphatic heterocycles. The van der Waals surface area contributed by atoms with Crippen LogP contribution in [0.3, 0.4) is 0 Å². The number of piperazine rings is 1. The molecule has 0 aromatic rings. The van der Waals surface area contributed by atoms with Crippen molar-refractivity contribution in [2.24, 2.45) is 0 Å². The Bertz CT molecular complexity index is 204. The van der Waals surface area contributed by atoms with E-state index in [9.17, 15) is 5.11 Å². The van der Waals surface area contributed by atoms with Crippen LogP contribution in [0.25, 0.3) is 0 Å². The molecule has 4 heteroatoms. The fourth-order valence-electron chi connectivity index (χ4n) is 2.76. The quantitative estimate of drug-likeness (QED) is 0.694. The Morgan fingerprint density at radius 3 is 2.44 bits per heavy atom. The Kier molecular flexibility index (Phi) is 4.58. The van der Waals surface area contributed by atoms with Gasteiger partial charge < -0.3 is 15.3 Å². The average Bonchev–Trinajstić information content (AvgIpc) is 2.67. The molecule has 0 amide bonds. The minimum absolute atomic E-state index is 0.119. The van der Waals surface area contributed by atoms with Crippen molar-refractivity contribution < 1.29 is 5.11 Å². The number of hydrogen-bond acceptors (Lipinski definition) is 4. The highest BCUT2D eigenvalue weighted by Crippen LogP contribution is 2.10. The topological polar surface area (TPSA) is 38.7 Å². The van der Waals surface area contributed by atoms with E-state index in [1.54, 1.807) is 0 Å². The number of aliphatic hydroxyl groups excluding tert-OH is 1. The first-order chi connectivity index (χ1) is 7.78. The zero-order chi connectivity index (χ0) is 11.4. The molecule has 0 aromatic carbocycles. The van der Waals surface area contributed by atoms with Gasteiger partial charge in [0.2, 0.25) is 0 Å². The van der Waals surface area contributed by atoms with E-state index in [-0.39, 0.29) is 6.10 Å². The van der Waals surface area contributed by atoms with Crippen molar-refractivity contribution in [3.8, 4) is 0 Å². The summed E-state index contributed by atoms with van der Waals surface area (Å²) in [5.41, 5.74) is 0. The fourth-order valence-corrected chi connectivity index (χ4v) is 2.76. The molecule has 2 atom stereocenters. The number of hydrogen-bond donors (Lipinski definition) is 2. The van der Waals surface area contributed by atoms with Crippen LogP contribution in [0.4, 0.5) is 0 Å². The highest BCUT2D eigenvalue weighted by molar-refractivity contribution is 4.85. The molecule has 0 spiro atoms. The highest BCUT2D eigenvalue weighted by atomic mass is 16.3. The van der Waals surface area contributed by atoms with Crippen LogP contribution in [-0.4, -0.2) is 72.9 Å². The van der Waals surface area contributed by atoms with Crippen molar-refractivity contribution >= 4 is 0 Å². The Morgan fingerprint density at radius 2 is 1.88 bits per heavy atom. The maximum Gasteiger partial charge on any atom is 0.0680 e. The summed E-state index contributed by atoms with van der Waals surface area (Å²) in [6.45, 7) is 10.2. The van der Waals surface area contributed by atoms with Gasteiger partial charge in [0.1, 0.15) is 0 Å². The van der Waals surface area contributed by atoms with Gasteiger partial charge >= 0.3 is 0 Å². The number of nitrogens with zero attached hydrogens (tertiary/aromatic N) is 2. The van der Waals surface area contributed by atoms with Crippen LogP contribution < -0.4 is 5.32 Å². The van der Waals surface area contributed by atoms with Crippen molar-refractivity contribution in [3.63, 3.8) is 0 Å². The zero-order valence-corrected chi connectivity index (χ0v) is 10.4. The molecule has 2 rings (SSSR count). The molecule has 16 heavy (non-hydrogen) atoms. The van der Waals surface area contributed by atoms with Crippen molar-refractivity contribution in [1.29, 1.82) is 0 Å². The first-order valence-corrected chi connectivity index (χ1v) is 6.64. The van der Waals surface area contributed by atoms with E-state index in [2.05, 4.69) is 22.0 Å². The second-order valence-electron chi connectivity index (χ2n) is 5.14. The summed E-state index contributed by atoms with van der Waals surface area (Å²) in [6, 6.07) is 0.507. The highest BCUT2D eigenvalue weighted by Gasteiger charge is 2.25. The summed E-state index contributed by atoms with van der Waals surface area (Å²) in [7, 11) is 0. The molecule has 4 nitrogen and oxygen atoms in total. The molecule has 0 saturated carbocycles. The summed E-state index contributed by atoms with van der Waals surface area (Å²) in [4.78, 5) is 5.08. The Balaban J connectivity index is 1.65. The third-order valence-electron chi connectivity index (χ3n) is 3.68. The van der Waals surface area contributed by atoms with E-state index >= 15 is 0 Å². The molecule has 2 unspecified atom stereocenters. The summed E-state index contributed by atoms with van der Waals surface area (Å²) in [5, 5.41) is 12.8. The van der Waals surface area contributed by atoms with E-state index in [4.69, 9.17) is 0 Å². The average molecular weight is 227 g/mol. The Hall–Kier alpha value is -0.160. The summed E-state index contributed by atoms with van der Waals surface area (Å²) in [6.07, 6.45) is 2.07. The van der Waals surface area contributed by atoms with Gasteiger partial charge in [0.05, 0.1) is 6.10 Å². The Labute approximate surface area is 98.6 Å². The summed E-state index contributed by atoms with van der Waals surface area (Å²) in [5.74, 6) is 0. The van der Waals surface area contributed by atoms with Gasteiger partial charge in [-0.2, -0.15) is 0 Å². The standard InChI is InChI=1S/C12H25N3O/c1-2-3-14-4-6-15(7-5-14)10-11-8-12(16)9-13-11/h11-13,16H,2-10H2,1H3. The third kappa shape index (κ3) is 3.42.